The lowest BCUT2D eigenvalue weighted by Crippen LogP contribution is -2.25. The molecule has 3 N–H and O–H groups in total. The van der Waals surface area contributed by atoms with Crippen LogP contribution in [0.1, 0.15) is 36.5 Å². The van der Waals surface area contributed by atoms with Crippen molar-refractivity contribution in [1.82, 2.24) is 5.32 Å². The normalized spacial score (nSPS) is 15.9. The van der Waals surface area contributed by atoms with Gasteiger partial charge in [0.25, 0.3) is 0 Å². The topological polar surface area (TPSA) is 38.0 Å². The Kier molecular flexibility index (Phi) is 4.57. The molecule has 0 aromatic heterocycles. The first-order valence-electron chi connectivity index (χ1n) is 6.82. The molecular formula is C15H24N2. The third kappa shape index (κ3) is 3.83. The maximum absolute atomic E-state index is 5.71. The molecule has 0 radical (unpaired) electrons. The fourth-order valence-corrected chi connectivity index (χ4v) is 2.47. The van der Waals surface area contributed by atoms with Crippen LogP contribution in [0.25, 0.3) is 0 Å². The predicted octanol–water partition coefficient (Wildman–Crippen LogP) is 2.04. The van der Waals surface area contributed by atoms with Crippen LogP contribution < -0.4 is 11.1 Å². The highest BCUT2D eigenvalue weighted by Crippen LogP contribution is 2.22. The second kappa shape index (κ2) is 6.18. The van der Waals surface area contributed by atoms with Crippen molar-refractivity contribution in [1.29, 1.82) is 0 Å². The first-order chi connectivity index (χ1) is 8.25. The van der Waals surface area contributed by atoms with Crippen molar-refractivity contribution in [2.24, 2.45) is 5.73 Å². The van der Waals surface area contributed by atoms with Crippen LogP contribution in [0.5, 0.6) is 0 Å². The monoisotopic (exact) mass is 232 g/mol. The van der Waals surface area contributed by atoms with E-state index in [0.29, 0.717) is 6.04 Å². The second-order valence-electron chi connectivity index (χ2n) is 5.22. The van der Waals surface area contributed by atoms with Gasteiger partial charge < -0.3 is 11.1 Å². The van der Waals surface area contributed by atoms with E-state index in [1.165, 1.54) is 24.8 Å². The average Bonchev–Trinajstić information content (AvgIpc) is 2.75. The predicted molar refractivity (Wildman–Crippen MR) is 73.3 cm³/mol. The molecule has 0 fully saturated rings. The molecule has 1 aliphatic rings. The van der Waals surface area contributed by atoms with Crippen molar-refractivity contribution in [3.05, 3.63) is 34.9 Å². The molecule has 1 aromatic rings. The largest absolute Gasteiger partial charge is 0.328 e. The van der Waals surface area contributed by atoms with E-state index in [4.69, 9.17) is 5.73 Å². The van der Waals surface area contributed by atoms with Crippen molar-refractivity contribution in [2.45, 2.75) is 45.1 Å². The Labute approximate surface area is 105 Å². The van der Waals surface area contributed by atoms with Gasteiger partial charge in [0.2, 0.25) is 0 Å². The van der Waals surface area contributed by atoms with Gasteiger partial charge in [-0.1, -0.05) is 18.2 Å². The van der Waals surface area contributed by atoms with E-state index in [0.717, 1.165) is 25.9 Å². The minimum absolute atomic E-state index is 0.308. The van der Waals surface area contributed by atoms with Gasteiger partial charge in [-0.3, -0.25) is 0 Å². The van der Waals surface area contributed by atoms with E-state index in [9.17, 15) is 0 Å². The summed E-state index contributed by atoms with van der Waals surface area (Å²) in [5.74, 6) is 0. The molecule has 0 spiro atoms. The summed E-state index contributed by atoms with van der Waals surface area (Å²) in [4.78, 5) is 0. The Morgan fingerprint density at radius 3 is 2.88 bits per heavy atom. The quantitative estimate of drug-likeness (QED) is 0.737. The van der Waals surface area contributed by atoms with Crippen molar-refractivity contribution in [3.63, 3.8) is 0 Å². The smallest absolute Gasteiger partial charge is 0.00225 e. The average molecular weight is 232 g/mol. The van der Waals surface area contributed by atoms with Gasteiger partial charge in [0, 0.05) is 6.04 Å². The Balaban J connectivity index is 1.72. The van der Waals surface area contributed by atoms with Crippen LogP contribution in [-0.2, 0) is 19.3 Å². The highest BCUT2D eigenvalue weighted by molar-refractivity contribution is 5.35. The van der Waals surface area contributed by atoms with Gasteiger partial charge in [0.15, 0.2) is 0 Å². The number of hydrogen-bond donors (Lipinski definition) is 2. The molecule has 0 bridgehead atoms. The Morgan fingerprint density at radius 2 is 2.06 bits per heavy atom. The highest BCUT2D eigenvalue weighted by Gasteiger charge is 2.10. The zero-order valence-electron chi connectivity index (χ0n) is 10.8. The summed E-state index contributed by atoms with van der Waals surface area (Å²) in [6.07, 6.45) is 6.09. The van der Waals surface area contributed by atoms with Crippen LogP contribution >= 0.6 is 0 Å². The van der Waals surface area contributed by atoms with Crippen LogP contribution in [0.2, 0.25) is 0 Å². The van der Waals surface area contributed by atoms with Crippen LogP contribution in [0, 0.1) is 0 Å². The van der Waals surface area contributed by atoms with Crippen LogP contribution in [0.3, 0.4) is 0 Å². The van der Waals surface area contributed by atoms with Crippen molar-refractivity contribution in [3.8, 4) is 0 Å². The maximum atomic E-state index is 5.71. The van der Waals surface area contributed by atoms with E-state index in [1.807, 2.05) is 0 Å². The van der Waals surface area contributed by atoms with Crippen molar-refractivity contribution >= 4 is 0 Å². The van der Waals surface area contributed by atoms with Gasteiger partial charge >= 0.3 is 0 Å². The van der Waals surface area contributed by atoms with E-state index < -0.39 is 0 Å². The maximum Gasteiger partial charge on any atom is 0.00225 e. The van der Waals surface area contributed by atoms with E-state index in [2.05, 4.69) is 30.4 Å². The summed E-state index contributed by atoms with van der Waals surface area (Å²) in [5.41, 5.74) is 10.3. The molecule has 0 heterocycles. The highest BCUT2D eigenvalue weighted by atomic mass is 14.8. The fourth-order valence-electron chi connectivity index (χ4n) is 2.47. The molecule has 0 aliphatic heterocycles. The summed E-state index contributed by atoms with van der Waals surface area (Å²) in [5, 5.41) is 3.45. The first-order valence-corrected chi connectivity index (χ1v) is 6.82. The number of nitrogens with two attached hydrogens (primary N) is 1. The third-order valence-corrected chi connectivity index (χ3v) is 3.53. The number of benzene rings is 1. The molecule has 2 nitrogen and oxygen atoms in total. The first kappa shape index (κ1) is 12.6. The molecule has 0 saturated heterocycles. The van der Waals surface area contributed by atoms with Crippen LogP contribution in [0.4, 0.5) is 0 Å². The molecule has 0 amide bonds. The minimum atomic E-state index is 0.308. The van der Waals surface area contributed by atoms with E-state index >= 15 is 0 Å². The van der Waals surface area contributed by atoms with Gasteiger partial charge in [-0.15, -0.1) is 0 Å². The molecule has 2 heteroatoms. The van der Waals surface area contributed by atoms with Gasteiger partial charge in [0.1, 0.15) is 0 Å². The van der Waals surface area contributed by atoms with Gasteiger partial charge in [-0.25, -0.2) is 0 Å². The third-order valence-electron chi connectivity index (χ3n) is 3.53. The van der Waals surface area contributed by atoms with Crippen molar-refractivity contribution < 1.29 is 0 Å². The fraction of sp³-hybridized carbons (Fsp3) is 0.600. The molecule has 1 aliphatic carbocycles. The number of hydrogen-bond acceptors (Lipinski definition) is 2. The lowest BCUT2D eigenvalue weighted by atomic mass is 10.0. The molecular weight excluding hydrogens is 208 g/mol. The van der Waals surface area contributed by atoms with Crippen molar-refractivity contribution in [2.75, 3.05) is 13.1 Å². The van der Waals surface area contributed by atoms with Crippen LogP contribution in [-0.4, -0.2) is 19.1 Å². The molecule has 1 atom stereocenters. The summed E-state index contributed by atoms with van der Waals surface area (Å²) in [7, 11) is 0. The van der Waals surface area contributed by atoms with Gasteiger partial charge in [-0.2, -0.15) is 0 Å². The zero-order valence-corrected chi connectivity index (χ0v) is 10.8. The Bertz CT molecular complexity index is 358. The standard InChI is InChI=1S/C15H24N2/c1-12(16)7-9-17-10-8-13-5-6-14-3-2-4-15(14)11-13/h5-6,11-12,17H,2-4,7-10,16H2,1H3. The molecule has 2 rings (SSSR count). The summed E-state index contributed by atoms with van der Waals surface area (Å²) in [6, 6.07) is 7.31. The van der Waals surface area contributed by atoms with Crippen LogP contribution in [0.15, 0.2) is 18.2 Å². The molecule has 17 heavy (non-hydrogen) atoms. The molecule has 1 unspecified atom stereocenters. The summed E-state index contributed by atoms with van der Waals surface area (Å²) >= 11 is 0. The number of nitrogens with one attached hydrogen (secondary N) is 1. The molecule has 94 valence electrons. The SMILES string of the molecule is CC(N)CCNCCc1ccc2c(c1)CCC2. The van der Waals surface area contributed by atoms with E-state index in [-0.39, 0.29) is 0 Å². The van der Waals surface area contributed by atoms with Gasteiger partial charge in [0.05, 0.1) is 0 Å². The molecule has 1 aromatic carbocycles. The summed E-state index contributed by atoms with van der Waals surface area (Å²) in [6.45, 7) is 4.15. The second-order valence-corrected chi connectivity index (χ2v) is 5.22. The minimum Gasteiger partial charge on any atom is -0.328 e. The number of fused-ring (bicyclic) bond motifs is 1. The zero-order chi connectivity index (χ0) is 12.1. The van der Waals surface area contributed by atoms with E-state index in [1.54, 1.807) is 11.1 Å². The lowest BCUT2D eigenvalue weighted by molar-refractivity contribution is 0.590. The Morgan fingerprint density at radius 1 is 1.24 bits per heavy atom. The van der Waals surface area contributed by atoms with Gasteiger partial charge in [-0.05, 0) is 68.8 Å². The number of rotatable bonds is 6. The summed E-state index contributed by atoms with van der Waals surface area (Å²) < 4.78 is 0. The number of aryl methyl sites for hydroxylation is 2. The Hall–Kier alpha value is -0.860. The molecule has 0 saturated carbocycles. The lowest BCUT2D eigenvalue weighted by Gasteiger charge is -2.08.